The summed E-state index contributed by atoms with van der Waals surface area (Å²) >= 11 is 0. The fourth-order valence-corrected chi connectivity index (χ4v) is 5.52. The summed E-state index contributed by atoms with van der Waals surface area (Å²) in [6, 6.07) is 15.9. The quantitative estimate of drug-likeness (QED) is 0.400. The lowest BCUT2D eigenvalue weighted by Crippen LogP contribution is -2.49. The second kappa shape index (κ2) is 8.02. The number of likely N-dealkylation sites (tertiary alicyclic amines) is 1. The van der Waals surface area contributed by atoms with Gasteiger partial charge in [0.2, 0.25) is 11.8 Å². The maximum Gasteiger partial charge on any atom is 0.235 e. The molecule has 6 nitrogen and oxygen atoms in total. The average molecular weight is 431 g/mol. The van der Waals surface area contributed by atoms with Crippen molar-refractivity contribution >= 4 is 28.9 Å². The second-order valence-corrected chi connectivity index (χ2v) is 8.67. The molecule has 2 fully saturated rings. The van der Waals surface area contributed by atoms with Crippen LogP contribution in [-0.2, 0) is 14.3 Å². The van der Waals surface area contributed by atoms with Gasteiger partial charge in [-0.25, -0.2) is 0 Å². The van der Waals surface area contributed by atoms with Crippen molar-refractivity contribution < 1.29 is 19.1 Å². The monoisotopic (exact) mass is 430 g/mol. The van der Waals surface area contributed by atoms with Crippen LogP contribution in [0.1, 0.15) is 29.3 Å². The number of ether oxygens (including phenoxy) is 1. The van der Waals surface area contributed by atoms with Crippen molar-refractivity contribution in [3.8, 4) is 0 Å². The molecule has 3 aliphatic heterocycles. The van der Waals surface area contributed by atoms with Crippen LogP contribution in [0.4, 0.5) is 5.69 Å². The Balaban J connectivity index is 1.61. The number of methoxy groups -OCH3 is 1. The van der Waals surface area contributed by atoms with E-state index in [4.69, 9.17) is 4.74 Å². The lowest BCUT2D eigenvalue weighted by atomic mass is 9.85. The Hall–Kier alpha value is -3.25. The molecule has 0 spiro atoms. The Bertz CT molecular complexity index is 1110. The largest absolute Gasteiger partial charge is 0.385 e. The van der Waals surface area contributed by atoms with E-state index in [1.54, 1.807) is 19.2 Å². The third-order valence-electron chi connectivity index (χ3n) is 6.90. The van der Waals surface area contributed by atoms with Crippen LogP contribution in [0.5, 0.6) is 0 Å². The number of nitrogens with zero attached hydrogens (tertiary/aromatic N) is 2. The summed E-state index contributed by atoms with van der Waals surface area (Å²) in [5.74, 6) is -1.81. The predicted molar refractivity (Wildman–Crippen MR) is 121 cm³/mol. The van der Waals surface area contributed by atoms with Crippen LogP contribution in [0.25, 0.3) is 5.57 Å². The molecule has 0 N–H and O–H groups in total. The van der Waals surface area contributed by atoms with E-state index in [0.29, 0.717) is 25.1 Å². The van der Waals surface area contributed by atoms with Crippen LogP contribution in [0.15, 0.2) is 60.7 Å². The SMILES string of the molecule is COCCCN1C(=O)[C@@H]2[C@H](C1=O)[C@H]1C=C(C)c3ccccc3N1[C@H]2C(=O)c1ccccc1. The molecule has 2 aromatic rings. The van der Waals surface area contributed by atoms with Gasteiger partial charge in [0.05, 0.1) is 17.9 Å². The number of fused-ring (bicyclic) bond motifs is 5. The first-order valence-electron chi connectivity index (χ1n) is 11.0. The van der Waals surface area contributed by atoms with E-state index in [9.17, 15) is 14.4 Å². The van der Waals surface area contributed by atoms with Gasteiger partial charge < -0.3 is 9.64 Å². The number of rotatable bonds is 6. The van der Waals surface area contributed by atoms with Gasteiger partial charge in [-0.2, -0.15) is 0 Å². The molecular weight excluding hydrogens is 404 g/mol. The Morgan fingerprint density at radius 3 is 2.41 bits per heavy atom. The van der Waals surface area contributed by atoms with Gasteiger partial charge in [-0.15, -0.1) is 0 Å². The van der Waals surface area contributed by atoms with Gasteiger partial charge in [-0.1, -0.05) is 54.6 Å². The van der Waals surface area contributed by atoms with Crippen molar-refractivity contribution in [3.05, 3.63) is 71.8 Å². The zero-order chi connectivity index (χ0) is 22.4. The minimum atomic E-state index is -0.721. The third kappa shape index (κ3) is 3.01. The lowest BCUT2D eigenvalue weighted by Gasteiger charge is -2.38. The smallest absolute Gasteiger partial charge is 0.235 e. The molecule has 0 radical (unpaired) electrons. The minimum Gasteiger partial charge on any atom is -0.385 e. The van der Waals surface area contributed by atoms with Gasteiger partial charge >= 0.3 is 0 Å². The number of amides is 2. The summed E-state index contributed by atoms with van der Waals surface area (Å²) in [4.78, 5) is 44.2. The van der Waals surface area contributed by atoms with E-state index in [2.05, 4.69) is 6.08 Å². The molecule has 6 heteroatoms. The van der Waals surface area contributed by atoms with Gasteiger partial charge in [-0.3, -0.25) is 19.3 Å². The molecule has 4 atom stereocenters. The molecule has 164 valence electrons. The molecule has 2 saturated heterocycles. The molecular formula is C26H26N2O4. The highest BCUT2D eigenvalue weighted by atomic mass is 16.5. The van der Waals surface area contributed by atoms with Gasteiger partial charge in [0.1, 0.15) is 6.04 Å². The van der Waals surface area contributed by atoms with E-state index in [1.807, 2.05) is 54.3 Å². The Kier molecular flexibility index (Phi) is 5.18. The molecule has 0 aromatic heterocycles. The zero-order valence-electron chi connectivity index (χ0n) is 18.2. The molecule has 32 heavy (non-hydrogen) atoms. The minimum absolute atomic E-state index is 0.120. The maximum atomic E-state index is 13.8. The first kappa shape index (κ1) is 20.6. The van der Waals surface area contributed by atoms with Crippen LogP contribution >= 0.6 is 0 Å². The third-order valence-corrected chi connectivity index (χ3v) is 6.90. The van der Waals surface area contributed by atoms with E-state index in [0.717, 1.165) is 16.8 Å². The van der Waals surface area contributed by atoms with Crippen LogP contribution in [0.3, 0.4) is 0 Å². The molecule has 0 aliphatic carbocycles. The van der Waals surface area contributed by atoms with Crippen molar-refractivity contribution in [2.24, 2.45) is 11.8 Å². The highest BCUT2D eigenvalue weighted by Crippen LogP contribution is 2.50. The fourth-order valence-electron chi connectivity index (χ4n) is 5.52. The molecule has 0 unspecified atom stereocenters. The van der Waals surface area contributed by atoms with Gasteiger partial charge in [0.15, 0.2) is 5.78 Å². The first-order valence-corrected chi connectivity index (χ1v) is 11.0. The molecule has 3 aliphatic rings. The summed E-state index contributed by atoms with van der Waals surface area (Å²) in [5, 5.41) is 0. The Morgan fingerprint density at radius 1 is 0.969 bits per heavy atom. The highest BCUT2D eigenvalue weighted by Gasteiger charge is 2.64. The Labute approximate surface area is 187 Å². The predicted octanol–water partition coefficient (Wildman–Crippen LogP) is 3.18. The topological polar surface area (TPSA) is 66.9 Å². The number of allylic oxidation sites excluding steroid dienone is 1. The molecule has 0 saturated carbocycles. The number of anilines is 1. The van der Waals surface area contributed by atoms with E-state index in [-0.39, 0.29) is 23.6 Å². The van der Waals surface area contributed by atoms with Crippen LogP contribution in [0, 0.1) is 11.8 Å². The summed E-state index contributed by atoms with van der Waals surface area (Å²) in [6.07, 6.45) is 2.64. The van der Waals surface area contributed by atoms with Crippen LogP contribution in [-0.4, -0.2) is 54.8 Å². The van der Waals surface area contributed by atoms with Crippen LogP contribution < -0.4 is 4.90 Å². The average Bonchev–Trinajstić information content (AvgIpc) is 3.28. The normalized spacial score (nSPS) is 26.0. The van der Waals surface area contributed by atoms with Gasteiger partial charge in [0.25, 0.3) is 0 Å². The van der Waals surface area contributed by atoms with E-state index >= 15 is 0 Å². The van der Waals surface area contributed by atoms with Crippen molar-refractivity contribution in [1.29, 1.82) is 0 Å². The molecule has 2 amide bonds. The summed E-state index contributed by atoms with van der Waals surface area (Å²) in [7, 11) is 1.60. The lowest BCUT2D eigenvalue weighted by molar-refractivity contribution is -0.140. The zero-order valence-corrected chi connectivity index (χ0v) is 18.2. The first-order chi connectivity index (χ1) is 15.5. The van der Waals surface area contributed by atoms with E-state index < -0.39 is 17.9 Å². The molecule has 3 heterocycles. The number of hydrogen-bond donors (Lipinski definition) is 0. The number of Topliss-reactive ketones (excluding diaryl/α,β-unsaturated/α-hetero) is 1. The molecule has 0 bridgehead atoms. The second-order valence-electron chi connectivity index (χ2n) is 8.67. The van der Waals surface area contributed by atoms with E-state index in [1.165, 1.54) is 4.90 Å². The fraction of sp³-hybridized carbons (Fsp3) is 0.346. The number of ketones is 1. The van der Waals surface area contributed by atoms with Crippen molar-refractivity contribution in [2.45, 2.75) is 25.4 Å². The standard InChI is InChI=1S/C26H26N2O4/c1-16-15-20-21-22(26(31)27(25(21)30)13-8-14-32-2)23(24(29)17-9-4-3-5-10-17)28(20)19-12-7-6-11-18(16)19/h3-7,9-12,15,20-23H,8,13-14H2,1-2H3/t20-,21-,22-,23-/m1/s1. The molecule has 5 rings (SSSR count). The van der Waals surface area contributed by atoms with Gasteiger partial charge in [0, 0.05) is 37.1 Å². The maximum absolute atomic E-state index is 13.8. The van der Waals surface area contributed by atoms with Crippen molar-refractivity contribution in [3.63, 3.8) is 0 Å². The number of hydrogen-bond acceptors (Lipinski definition) is 5. The number of benzene rings is 2. The summed E-state index contributed by atoms with van der Waals surface area (Å²) in [5.41, 5.74) is 3.56. The number of carbonyl (C=O) groups excluding carboxylic acids is 3. The van der Waals surface area contributed by atoms with Crippen LogP contribution in [0.2, 0.25) is 0 Å². The molecule has 2 aromatic carbocycles. The highest BCUT2D eigenvalue weighted by molar-refractivity contribution is 6.14. The van der Waals surface area contributed by atoms with Gasteiger partial charge in [-0.05, 0) is 25.0 Å². The Morgan fingerprint density at radius 2 is 1.66 bits per heavy atom. The van der Waals surface area contributed by atoms with Crippen molar-refractivity contribution in [1.82, 2.24) is 4.90 Å². The summed E-state index contributed by atoms with van der Waals surface area (Å²) < 4.78 is 5.10. The van der Waals surface area contributed by atoms with Crippen molar-refractivity contribution in [2.75, 3.05) is 25.2 Å². The number of imide groups is 1. The number of carbonyl (C=O) groups is 3. The number of para-hydroxylation sites is 1. The summed E-state index contributed by atoms with van der Waals surface area (Å²) in [6.45, 7) is 2.81.